The summed E-state index contributed by atoms with van der Waals surface area (Å²) < 4.78 is 0. The molecule has 1 aliphatic carbocycles. The van der Waals surface area contributed by atoms with Crippen molar-refractivity contribution in [2.75, 3.05) is 20.1 Å². The maximum Gasteiger partial charge on any atom is 0.346 e. The molecule has 0 spiro atoms. The molecule has 0 amide bonds. The Morgan fingerprint density at radius 3 is 2.57 bits per heavy atom. The molecule has 4 nitrogen and oxygen atoms in total. The van der Waals surface area contributed by atoms with E-state index in [2.05, 4.69) is 30.7 Å². The number of thiophene rings is 1. The van der Waals surface area contributed by atoms with Crippen LogP contribution in [0.3, 0.4) is 0 Å². The summed E-state index contributed by atoms with van der Waals surface area (Å²) in [5, 5.41) is 19.7. The van der Waals surface area contributed by atoms with Crippen LogP contribution in [0.15, 0.2) is 11.6 Å². The van der Waals surface area contributed by atoms with Crippen molar-refractivity contribution >= 4 is 22.9 Å². The molecule has 152 valence electrons. The van der Waals surface area contributed by atoms with Gasteiger partial charge in [0.05, 0.1) is 4.88 Å². The molecular formula is C23H31NO3S. The van der Waals surface area contributed by atoms with Gasteiger partial charge in [0.1, 0.15) is 10.5 Å². The third-order valence-electron chi connectivity index (χ3n) is 5.82. The summed E-state index contributed by atoms with van der Waals surface area (Å²) in [6, 6.07) is 1.93. The minimum absolute atomic E-state index is 0.376. The normalized spacial score (nSPS) is 24.0. The first-order chi connectivity index (χ1) is 13.1. The van der Waals surface area contributed by atoms with Crippen molar-refractivity contribution in [3.63, 3.8) is 0 Å². The van der Waals surface area contributed by atoms with E-state index in [4.69, 9.17) is 0 Å². The quantitative estimate of drug-likeness (QED) is 0.733. The zero-order valence-electron chi connectivity index (χ0n) is 17.3. The van der Waals surface area contributed by atoms with E-state index in [9.17, 15) is 15.0 Å². The van der Waals surface area contributed by atoms with Crippen LogP contribution >= 0.6 is 11.3 Å². The first-order valence-electron chi connectivity index (χ1n) is 10.2. The number of hydrogen-bond acceptors (Lipinski definition) is 4. The van der Waals surface area contributed by atoms with E-state index in [-0.39, 0.29) is 0 Å². The van der Waals surface area contributed by atoms with Crippen LogP contribution in [-0.2, 0) is 0 Å². The van der Waals surface area contributed by atoms with Gasteiger partial charge in [0, 0.05) is 18.7 Å². The Bertz CT molecular complexity index is 826. The van der Waals surface area contributed by atoms with Crippen LogP contribution < -0.4 is 0 Å². The number of aliphatic hydroxyl groups is 1. The lowest BCUT2D eigenvalue weighted by Gasteiger charge is -2.35. The van der Waals surface area contributed by atoms with Crippen LogP contribution in [0.25, 0.3) is 5.57 Å². The monoisotopic (exact) mass is 401 g/mol. The van der Waals surface area contributed by atoms with Crippen molar-refractivity contribution in [1.82, 2.24) is 4.90 Å². The van der Waals surface area contributed by atoms with Gasteiger partial charge in [-0.05, 0) is 69.2 Å². The maximum atomic E-state index is 11.9. The number of carbonyl (C=O) groups is 1. The van der Waals surface area contributed by atoms with Gasteiger partial charge in [-0.3, -0.25) is 0 Å². The molecule has 1 aliphatic heterocycles. The van der Waals surface area contributed by atoms with Crippen LogP contribution in [-0.4, -0.2) is 46.8 Å². The van der Waals surface area contributed by atoms with Crippen molar-refractivity contribution in [2.24, 2.45) is 11.8 Å². The van der Waals surface area contributed by atoms with Gasteiger partial charge in [0.25, 0.3) is 0 Å². The van der Waals surface area contributed by atoms with E-state index in [0.29, 0.717) is 15.7 Å². The predicted octanol–water partition coefficient (Wildman–Crippen LogP) is 4.48. The van der Waals surface area contributed by atoms with Gasteiger partial charge in [0.2, 0.25) is 0 Å². The molecule has 3 rings (SSSR count). The highest BCUT2D eigenvalue weighted by Crippen LogP contribution is 2.41. The molecule has 28 heavy (non-hydrogen) atoms. The lowest BCUT2D eigenvalue weighted by Crippen LogP contribution is -2.31. The molecule has 1 aromatic rings. The van der Waals surface area contributed by atoms with Crippen LogP contribution in [0.2, 0.25) is 0 Å². The molecule has 0 aromatic carbocycles. The van der Waals surface area contributed by atoms with Crippen LogP contribution in [0.5, 0.6) is 0 Å². The molecule has 0 saturated heterocycles. The van der Waals surface area contributed by atoms with Crippen molar-refractivity contribution in [1.29, 1.82) is 0 Å². The molecule has 1 fully saturated rings. The Morgan fingerprint density at radius 2 is 1.96 bits per heavy atom. The van der Waals surface area contributed by atoms with E-state index in [1.54, 1.807) is 13.8 Å². The Balaban J connectivity index is 2.04. The maximum absolute atomic E-state index is 11.9. The van der Waals surface area contributed by atoms with Crippen LogP contribution in [0, 0.1) is 23.7 Å². The zero-order chi connectivity index (χ0) is 20.5. The Labute approximate surface area is 172 Å². The number of nitrogens with zero attached hydrogens (tertiary/aromatic N) is 1. The molecule has 1 aromatic heterocycles. The molecule has 1 saturated carbocycles. The zero-order valence-corrected chi connectivity index (χ0v) is 18.2. The predicted molar refractivity (Wildman–Crippen MR) is 115 cm³/mol. The second kappa shape index (κ2) is 8.41. The lowest BCUT2D eigenvalue weighted by atomic mass is 9.75. The average molecular weight is 402 g/mol. The van der Waals surface area contributed by atoms with E-state index < -0.39 is 11.6 Å². The Morgan fingerprint density at radius 1 is 1.29 bits per heavy atom. The van der Waals surface area contributed by atoms with Gasteiger partial charge in [0.15, 0.2) is 0 Å². The first-order valence-corrected chi connectivity index (χ1v) is 11.0. The molecule has 2 aliphatic rings. The summed E-state index contributed by atoms with van der Waals surface area (Å²) in [6.07, 6.45) is 5.79. The summed E-state index contributed by atoms with van der Waals surface area (Å²) in [6.45, 7) is 7.46. The molecule has 2 N–H and O–H groups in total. The average Bonchev–Trinajstić information content (AvgIpc) is 3.04. The summed E-state index contributed by atoms with van der Waals surface area (Å²) in [5.74, 6) is 6.24. The van der Waals surface area contributed by atoms with E-state index in [0.717, 1.165) is 31.0 Å². The number of carboxylic acids is 1. The fourth-order valence-electron chi connectivity index (χ4n) is 4.27. The number of hydrogen-bond donors (Lipinski definition) is 2. The third-order valence-corrected chi connectivity index (χ3v) is 6.86. The van der Waals surface area contributed by atoms with Gasteiger partial charge in [-0.2, -0.15) is 0 Å². The largest absolute Gasteiger partial charge is 0.477 e. The smallest absolute Gasteiger partial charge is 0.346 e. The van der Waals surface area contributed by atoms with Crippen LogP contribution in [0.4, 0.5) is 0 Å². The number of aromatic carboxylic acids is 1. The van der Waals surface area contributed by atoms with Gasteiger partial charge < -0.3 is 15.1 Å². The highest BCUT2D eigenvalue weighted by atomic mass is 32.1. The number of carboxylic acid groups (broad SMARTS) is 1. The Hall–Kier alpha value is -1.61. The summed E-state index contributed by atoms with van der Waals surface area (Å²) >= 11 is 1.22. The molecule has 0 unspecified atom stereocenters. The molecule has 0 radical (unpaired) electrons. The van der Waals surface area contributed by atoms with Gasteiger partial charge in [-0.25, -0.2) is 4.79 Å². The van der Waals surface area contributed by atoms with Crippen LogP contribution in [0.1, 0.15) is 73.0 Å². The molecule has 0 bridgehead atoms. The minimum atomic E-state index is -1.09. The third kappa shape index (κ3) is 5.05. The highest BCUT2D eigenvalue weighted by Gasteiger charge is 2.30. The molecule has 5 heteroatoms. The highest BCUT2D eigenvalue weighted by molar-refractivity contribution is 7.14. The summed E-state index contributed by atoms with van der Waals surface area (Å²) in [7, 11) is 2.15. The topological polar surface area (TPSA) is 60.8 Å². The number of likely N-dealkylation sites (N-methyl/N-ethyl adjacent to an activating group) is 1. The van der Waals surface area contributed by atoms with Crippen molar-refractivity contribution in [3.05, 3.63) is 27.0 Å². The second-order valence-corrected chi connectivity index (χ2v) is 9.97. The van der Waals surface area contributed by atoms with Gasteiger partial charge >= 0.3 is 5.97 Å². The van der Waals surface area contributed by atoms with E-state index in [1.165, 1.54) is 48.2 Å². The van der Waals surface area contributed by atoms with E-state index in [1.807, 2.05) is 6.07 Å². The van der Waals surface area contributed by atoms with Crippen molar-refractivity contribution in [3.8, 4) is 11.8 Å². The fraction of sp³-hybridized carbons (Fsp3) is 0.609. The first kappa shape index (κ1) is 21.1. The molecular weight excluding hydrogens is 370 g/mol. The molecule has 0 atom stereocenters. The molecule has 2 heterocycles. The van der Waals surface area contributed by atoms with Gasteiger partial charge in [-0.1, -0.05) is 31.6 Å². The Kier molecular flexibility index (Phi) is 6.34. The SMILES string of the molecule is CC1CCC(C2=C(c3cc(C#CC(C)(C)O)sc3C(=O)O)CCN(C)C2)CC1. The summed E-state index contributed by atoms with van der Waals surface area (Å²) in [5.41, 5.74) is 2.41. The van der Waals surface area contributed by atoms with Gasteiger partial charge in [-0.15, -0.1) is 11.3 Å². The summed E-state index contributed by atoms with van der Waals surface area (Å²) in [4.78, 5) is 15.4. The van der Waals surface area contributed by atoms with E-state index >= 15 is 0 Å². The standard InChI is InChI=1S/C23H31NO3S/c1-15-5-7-16(8-6-15)20-14-24(4)12-10-18(20)19-13-17(9-11-23(2,3)27)28-21(19)22(25)26/h13,15-16,27H,5-8,10,12,14H2,1-4H3,(H,25,26). The lowest BCUT2D eigenvalue weighted by molar-refractivity contribution is 0.0701. The number of rotatable bonds is 3. The fourth-order valence-corrected chi connectivity index (χ4v) is 5.15. The second-order valence-electron chi connectivity index (χ2n) is 8.92. The van der Waals surface area contributed by atoms with Crippen molar-refractivity contribution < 1.29 is 15.0 Å². The minimum Gasteiger partial charge on any atom is -0.477 e. The van der Waals surface area contributed by atoms with Crippen molar-refractivity contribution in [2.45, 2.75) is 58.5 Å².